The zero-order valence-electron chi connectivity index (χ0n) is 44.5. The van der Waals surface area contributed by atoms with Crippen molar-refractivity contribution >= 4 is 17.8 Å². The second-order valence-corrected chi connectivity index (χ2v) is 20.4. The molecule has 1 fully saturated rings. The summed E-state index contributed by atoms with van der Waals surface area (Å²) in [4.78, 5) is 38.5. The van der Waals surface area contributed by atoms with E-state index in [1.54, 1.807) is 0 Å². The second-order valence-electron chi connectivity index (χ2n) is 20.4. The average Bonchev–Trinajstić information content (AvgIpc) is 3.33. The lowest BCUT2D eigenvalue weighted by molar-refractivity contribution is -0.299. The van der Waals surface area contributed by atoms with Gasteiger partial charge >= 0.3 is 11.9 Å². The van der Waals surface area contributed by atoms with Gasteiger partial charge in [-0.25, -0.2) is 0 Å². The fraction of sp³-hybridized carbons (Fsp3) is 0.947. The van der Waals surface area contributed by atoms with Crippen LogP contribution in [0.3, 0.4) is 0 Å². The molecule has 4 N–H and O–H groups in total. The minimum atomic E-state index is -1.59. The normalized spacial score (nSPS) is 18.7. The van der Waals surface area contributed by atoms with Crippen molar-refractivity contribution in [2.24, 2.45) is 0 Å². The van der Waals surface area contributed by atoms with Gasteiger partial charge in [0.2, 0.25) is 5.91 Å². The van der Waals surface area contributed by atoms with E-state index in [4.69, 9.17) is 18.9 Å². The molecule has 0 aliphatic carbocycles. The Labute approximate surface area is 417 Å². The number of hydrogen-bond donors (Lipinski definition) is 4. The first-order chi connectivity index (χ1) is 33.2. The van der Waals surface area contributed by atoms with E-state index in [2.05, 4.69) is 26.1 Å². The molecule has 0 saturated carbocycles. The summed E-state index contributed by atoms with van der Waals surface area (Å²) in [6, 6.07) is 0. The number of carbonyl (C=O) groups is 3. The molecule has 0 bridgehead atoms. The van der Waals surface area contributed by atoms with Gasteiger partial charge in [-0.3, -0.25) is 14.4 Å². The van der Waals surface area contributed by atoms with Gasteiger partial charge in [0.05, 0.1) is 6.61 Å². The summed E-state index contributed by atoms with van der Waals surface area (Å²) in [7, 11) is 0. The first kappa shape index (κ1) is 64.2. The van der Waals surface area contributed by atoms with Crippen molar-refractivity contribution in [2.45, 2.75) is 327 Å². The number of amides is 1. The van der Waals surface area contributed by atoms with Crippen LogP contribution in [0.25, 0.3) is 0 Å². The van der Waals surface area contributed by atoms with Crippen molar-refractivity contribution in [1.82, 2.24) is 5.32 Å². The van der Waals surface area contributed by atoms with Crippen molar-refractivity contribution in [3.8, 4) is 0 Å². The molecule has 0 spiro atoms. The largest absolute Gasteiger partial charge is 0.462 e. The van der Waals surface area contributed by atoms with E-state index in [0.29, 0.717) is 12.8 Å². The third-order valence-electron chi connectivity index (χ3n) is 13.8. The lowest BCUT2D eigenvalue weighted by Gasteiger charge is -2.40. The zero-order chi connectivity index (χ0) is 49.6. The Kier molecular flexibility index (Phi) is 44.9. The molecule has 402 valence electrons. The molecule has 1 aliphatic rings. The molecule has 0 aromatic rings. The van der Waals surface area contributed by atoms with E-state index in [-0.39, 0.29) is 44.5 Å². The molecule has 1 rings (SSSR count). The molecule has 1 aliphatic heterocycles. The highest BCUT2D eigenvalue weighted by atomic mass is 16.7. The first-order valence-electron chi connectivity index (χ1n) is 29.2. The van der Waals surface area contributed by atoms with Gasteiger partial charge in [0, 0.05) is 25.8 Å². The first-order valence-corrected chi connectivity index (χ1v) is 29.2. The van der Waals surface area contributed by atoms with Crippen molar-refractivity contribution in [2.75, 3.05) is 19.8 Å². The summed E-state index contributed by atoms with van der Waals surface area (Å²) < 4.78 is 23.1. The summed E-state index contributed by atoms with van der Waals surface area (Å²) in [5, 5.41) is 35.0. The number of esters is 2. The predicted molar refractivity (Wildman–Crippen MR) is 277 cm³/mol. The van der Waals surface area contributed by atoms with Gasteiger partial charge in [-0.15, -0.1) is 0 Å². The molecule has 68 heavy (non-hydrogen) atoms. The van der Waals surface area contributed by atoms with Crippen molar-refractivity contribution in [3.63, 3.8) is 0 Å². The third kappa shape index (κ3) is 38.0. The fourth-order valence-corrected chi connectivity index (χ4v) is 9.22. The van der Waals surface area contributed by atoms with E-state index in [1.807, 2.05) is 0 Å². The standard InChI is InChI=1S/C57H109NO10/c1-4-7-10-13-16-19-22-25-28-31-34-37-40-43-51(59)58-46-50-54(62)55(63)56(64)57(68-50)66-48-49(67-53(61)45-42-39-36-33-30-27-24-21-18-15-12-9-6-3)47-65-52(60)44-41-38-35-32-29-26-23-20-17-14-11-8-5-2/h49-50,54-57,62-64H,4-48H2,1-3H3,(H,58,59)/t49-,50-,54-,55+,56-,57-/m1/s1. The number of hydrogen-bond acceptors (Lipinski definition) is 10. The van der Waals surface area contributed by atoms with Gasteiger partial charge in [-0.05, 0) is 19.3 Å². The predicted octanol–water partition coefficient (Wildman–Crippen LogP) is 13.8. The highest BCUT2D eigenvalue weighted by Gasteiger charge is 2.44. The van der Waals surface area contributed by atoms with E-state index < -0.39 is 42.8 Å². The number of nitrogens with one attached hydrogen (secondary N) is 1. The molecule has 0 unspecified atom stereocenters. The Hall–Kier alpha value is -1.79. The van der Waals surface area contributed by atoms with Gasteiger partial charge in [-0.1, -0.05) is 252 Å². The molecular weight excluding hydrogens is 859 g/mol. The molecule has 6 atom stereocenters. The number of aliphatic hydroxyl groups is 3. The van der Waals surface area contributed by atoms with Gasteiger partial charge in [0.1, 0.15) is 31.0 Å². The molecule has 1 heterocycles. The zero-order valence-corrected chi connectivity index (χ0v) is 44.5. The minimum Gasteiger partial charge on any atom is -0.462 e. The van der Waals surface area contributed by atoms with Gasteiger partial charge < -0.3 is 39.6 Å². The van der Waals surface area contributed by atoms with Crippen LogP contribution in [-0.2, 0) is 33.3 Å². The topological polar surface area (TPSA) is 161 Å². The molecule has 11 nitrogen and oxygen atoms in total. The Bertz CT molecular complexity index is 1140. The van der Waals surface area contributed by atoms with Crippen LogP contribution in [0.2, 0.25) is 0 Å². The van der Waals surface area contributed by atoms with Crippen LogP contribution >= 0.6 is 0 Å². The minimum absolute atomic E-state index is 0.0730. The number of carbonyl (C=O) groups excluding carboxylic acids is 3. The lowest BCUT2D eigenvalue weighted by atomic mass is 9.98. The summed E-state index contributed by atoms with van der Waals surface area (Å²) in [6.07, 6.45) is 40.2. The summed E-state index contributed by atoms with van der Waals surface area (Å²) in [5.74, 6) is -0.954. The maximum Gasteiger partial charge on any atom is 0.306 e. The number of aliphatic hydroxyl groups excluding tert-OH is 3. The smallest absolute Gasteiger partial charge is 0.306 e. The van der Waals surface area contributed by atoms with E-state index >= 15 is 0 Å². The number of rotatable bonds is 50. The molecule has 1 amide bonds. The number of unbranched alkanes of at least 4 members (excludes halogenated alkanes) is 36. The van der Waals surface area contributed by atoms with Crippen LogP contribution in [-0.4, -0.2) is 89.7 Å². The van der Waals surface area contributed by atoms with E-state index in [0.717, 1.165) is 57.8 Å². The van der Waals surface area contributed by atoms with Crippen molar-refractivity contribution in [1.29, 1.82) is 0 Å². The van der Waals surface area contributed by atoms with Crippen molar-refractivity contribution in [3.05, 3.63) is 0 Å². The van der Waals surface area contributed by atoms with E-state index in [1.165, 1.54) is 186 Å². The molecule has 0 aromatic heterocycles. The maximum atomic E-state index is 13.0. The third-order valence-corrected chi connectivity index (χ3v) is 13.8. The van der Waals surface area contributed by atoms with Gasteiger partial charge in [-0.2, -0.15) is 0 Å². The summed E-state index contributed by atoms with van der Waals surface area (Å²) in [5.41, 5.74) is 0. The highest BCUT2D eigenvalue weighted by molar-refractivity contribution is 5.75. The number of ether oxygens (including phenoxy) is 4. The SMILES string of the molecule is CCCCCCCCCCCCCCCC(=O)NC[C@H]1O[C@@H](OC[C@@H](COC(=O)CCCCCCCCCCCCCCC)OC(=O)CCCCCCCCCCCCCCC)[C@H](O)[C@@H](O)[C@@H]1O. The molecule has 11 heteroatoms. The van der Waals surface area contributed by atoms with Crippen molar-refractivity contribution < 1.29 is 48.7 Å². The van der Waals surface area contributed by atoms with Gasteiger partial charge in [0.15, 0.2) is 12.4 Å². The Morgan fingerprint density at radius 2 is 0.765 bits per heavy atom. The monoisotopic (exact) mass is 968 g/mol. The van der Waals surface area contributed by atoms with Crippen LogP contribution in [0.15, 0.2) is 0 Å². The molecule has 0 aromatic carbocycles. The Morgan fingerprint density at radius 1 is 0.426 bits per heavy atom. The molecule has 1 saturated heterocycles. The lowest BCUT2D eigenvalue weighted by Crippen LogP contribution is -2.60. The molecular formula is C57H109NO10. The second kappa shape index (κ2) is 47.5. The fourth-order valence-electron chi connectivity index (χ4n) is 9.22. The average molecular weight is 968 g/mol. The van der Waals surface area contributed by atoms with Gasteiger partial charge in [0.25, 0.3) is 0 Å². The van der Waals surface area contributed by atoms with Crippen LogP contribution < -0.4 is 5.32 Å². The summed E-state index contributed by atoms with van der Waals surface area (Å²) in [6.45, 7) is 6.20. The van der Waals surface area contributed by atoms with Crippen LogP contribution in [0.4, 0.5) is 0 Å². The Balaban J connectivity index is 2.52. The van der Waals surface area contributed by atoms with E-state index in [9.17, 15) is 29.7 Å². The highest BCUT2D eigenvalue weighted by Crippen LogP contribution is 2.23. The van der Waals surface area contributed by atoms with Crippen LogP contribution in [0.1, 0.15) is 290 Å². The van der Waals surface area contributed by atoms with Crippen LogP contribution in [0.5, 0.6) is 0 Å². The quantitative estimate of drug-likeness (QED) is 0.0341. The maximum absolute atomic E-state index is 13.0. The summed E-state index contributed by atoms with van der Waals surface area (Å²) >= 11 is 0. The van der Waals surface area contributed by atoms with Crippen LogP contribution in [0, 0.1) is 0 Å². The Morgan fingerprint density at radius 3 is 1.15 bits per heavy atom. The molecule has 0 radical (unpaired) electrons.